The van der Waals surface area contributed by atoms with Crippen LogP contribution in [-0.4, -0.2) is 24.0 Å². The predicted octanol–water partition coefficient (Wildman–Crippen LogP) is 4.04. The molecule has 0 saturated carbocycles. The van der Waals surface area contributed by atoms with Crippen LogP contribution in [0.25, 0.3) is 0 Å². The Bertz CT molecular complexity index is 350. The molecule has 0 aliphatic carbocycles. The normalized spacial score (nSPS) is 23.6. The van der Waals surface area contributed by atoms with Crippen molar-refractivity contribution < 1.29 is 0 Å². The van der Waals surface area contributed by atoms with Crippen LogP contribution in [0.2, 0.25) is 0 Å². The van der Waals surface area contributed by atoms with E-state index in [0.29, 0.717) is 0 Å². The zero-order chi connectivity index (χ0) is 11.5. The summed E-state index contributed by atoms with van der Waals surface area (Å²) in [7, 11) is 0. The number of benzene rings is 1. The van der Waals surface area contributed by atoms with Crippen molar-refractivity contribution in [2.45, 2.75) is 38.6 Å². The van der Waals surface area contributed by atoms with E-state index in [9.17, 15) is 0 Å². The van der Waals surface area contributed by atoms with Gasteiger partial charge in [0.05, 0.1) is 0 Å². The Morgan fingerprint density at radius 3 is 3.00 bits per heavy atom. The maximum absolute atomic E-state index is 3.55. The summed E-state index contributed by atoms with van der Waals surface area (Å²) < 4.78 is 1.20. The Morgan fingerprint density at radius 1 is 1.50 bits per heavy atom. The van der Waals surface area contributed by atoms with Crippen LogP contribution in [-0.2, 0) is 0 Å². The third-order valence-corrected chi connectivity index (χ3v) is 4.25. The first-order valence-electron chi connectivity index (χ1n) is 6.20. The van der Waals surface area contributed by atoms with Gasteiger partial charge in [-0.2, -0.15) is 0 Å². The van der Waals surface area contributed by atoms with E-state index in [4.69, 9.17) is 0 Å². The molecule has 1 aromatic carbocycles. The summed E-state index contributed by atoms with van der Waals surface area (Å²) in [5.74, 6) is 0.728. The fourth-order valence-electron chi connectivity index (χ4n) is 2.48. The Balaban J connectivity index is 2.03. The minimum absolute atomic E-state index is 0.728. The van der Waals surface area contributed by atoms with E-state index in [1.165, 1.54) is 36.0 Å². The van der Waals surface area contributed by atoms with Gasteiger partial charge in [-0.25, -0.2) is 0 Å². The maximum Gasteiger partial charge on any atom is 0.0178 e. The van der Waals surface area contributed by atoms with Crippen molar-refractivity contribution in [3.63, 3.8) is 0 Å². The number of likely N-dealkylation sites (tertiary alicyclic amines) is 1. The smallest absolute Gasteiger partial charge is 0.0178 e. The lowest BCUT2D eigenvalue weighted by atomic mass is 9.99. The summed E-state index contributed by atoms with van der Waals surface area (Å²) in [5, 5.41) is 0. The first-order chi connectivity index (χ1) is 7.70. The van der Waals surface area contributed by atoms with E-state index in [-0.39, 0.29) is 0 Å². The van der Waals surface area contributed by atoms with Gasteiger partial charge >= 0.3 is 0 Å². The second-order valence-corrected chi connectivity index (χ2v) is 5.71. The van der Waals surface area contributed by atoms with Gasteiger partial charge in [0.2, 0.25) is 0 Å². The molecule has 2 rings (SSSR count). The SMILES string of the molecule is CCC(C)N1CCC(c2cccc(Br)c2)C1. The van der Waals surface area contributed by atoms with Crippen molar-refractivity contribution >= 4 is 15.9 Å². The van der Waals surface area contributed by atoms with Crippen molar-refractivity contribution in [3.8, 4) is 0 Å². The molecule has 1 heterocycles. The van der Waals surface area contributed by atoms with E-state index in [1.54, 1.807) is 0 Å². The van der Waals surface area contributed by atoms with Crippen LogP contribution in [0.3, 0.4) is 0 Å². The number of hydrogen-bond acceptors (Lipinski definition) is 1. The molecule has 1 aliphatic heterocycles. The van der Waals surface area contributed by atoms with Gasteiger partial charge in [-0.1, -0.05) is 35.0 Å². The summed E-state index contributed by atoms with van der Waals surface area (Å²) in [5.41, 5.74) is 1.49. The van der Waals surface area contributed by atoms with Crippen molar-refractivity contribution in [2.75, 3.05) is 13.1 Å². The molecule has 0 aromatic heterocycles. The average molecular weight is 282 g/mol. The van der Waals surface area contributed by atoms with Crippen LogP contribution in [0.4, 0.5) is 0 Å². The molecule has 0 spiro atoms. The molecule has 0 bridgehead atoms. The van der Waals surface area contributed by atoms with Crippen LogP contribution in [0.15, 0.2) is 28.7 Å². The fourth-order valence-corrected chi connectivity index (χ4v) is 2.90. The molecule has 2 heteroatoms. The zero-order valence-electron chi connectivity index (χ0n) is 10.1. The largest absolute Gasteiger partial charge is 0.300 e. The molecule has 16 heavy (non-hydrogen) atoms. The molecule has 0 radical (unpaired) electrons. The van der Waals surface area contributed by atoms with Crippen molar-refractivity contribution in [3.05, 3.63) is 34.3 Å². The van der Waals surface area contributed by atoms with Gasteiger partial charge in [-0.15, -0.1) is 0 Å². The van der Waals surface area contributed by atoms with Gasteiger partial charge in [0, 0.05) is 17.1 Å². The molecule has 0 amide bonds. The highest BCUT2D eigenvalue weighted by molar-refractivity contribution is 9.10. The third kappa shape index (κ3) is 2.67. The molecular formula is C14H20BrN. The lowest BCUT2D eigenvalue weighted by molar-refractivity contribution is 0.250. The standard InChI is InChI=1S/C14H20BrN/c1-3-11(2)16-8-7-13(10-16)12-5-4-6-14(15)9-12/h4-6,9,11,13H,3,7-8,10H2,1-2H3. The Labute approximate surface area is 107 Å². The number of rotatable bonds is 3. The second kappa shape index (κ2) is 5.33. The monoisotopic (exact) mass is 281 g/mol. The molecule has 1 fully saturated rings. The lowest BCUT2D eigenvalue weighted by Crippen LogP contribution is -2.29. The molecule has 1 aromatic rings. The Hall–Kier alpha value is -0.340. The molecule has 1 saturated heterocycles. The highest BCUT2D eigenvalue weighted by atomic mass is 79.9. The topological polar surface area (TPSA) is 3.24 Å². The van der Waals surface area contributed by atoms with E-state index in [0.717, 1.165) is 12.0 Å². The Morgan fingerprint density at radius 2 is 2.31 bits per heavy atom. The van der Waals surface area contributed by atoms with Gasteiger partial charge in [-0.05, 0) is 49.9 Å². The molecular weight excluding hydrogens is 262 g/mol. The van der Waals surface area contributed by atoms with Crippen LogP contribution in [0, 0.1) is 0 Å². The van der Waals surface area contributed by atoms with Crippen LogP contribution < -0.4 is 0 Å². The van der Waals surface area contributed by atoms with Crippen LogP contribution in [0.1, 0.15) is 38.2 Å². The van der Waals surface area contributed by atoms with Crippen molar-refractivity contribution in [1.82, 2.24) is 4.90 Å². The van der Waals surface area contributed by atoms with E-state index >= 15 is 0 Å². The van der Waals surface area contributed by atoms with Gasteiger partial charge < -0.3 is 4.90 Å². The number of halogens is 1. The molecule has 88 valence electrons. The van der Waals surface area contributed by atoms with Gasteiger partial charge in [0.25, 0.3) is 0 Å². The average Bonchev–Trinajstić information content (AvgIpc) is 2.77. The summed E-state index contributed by atoms with van der Waals surface area (Å²) in [6.07, 6.45) is 2.56. The maximum atomic E-state index is 3.55. The van der Waals surface area contributed by atoms with Crippen LogP contribution >= 0.6 is 15.9 Å². The first-order valence-corrected chi connectivity index (χ1v) is 6.99. The third-order valence-electron chi connectivity index (χ3n) is 3.75. The number of nitrogens with zero attached hydrogens (tertiary/aromatic N) is 1. The molecule has 1 aliphatic rings. The lowest BCUT2D eigenvalue weighted by Gasteiger charge is -2.23. The summed E-state index contributed by atoms with van der Waals surface area (Å²) in [4.78, 5) is 2.62. The van der Waals surface area contributed by atoms with Gasteiger partial charge in [-0.3, -0.25) is 0 Å². The summed E-state index contributed by atoms with van der Waals surface area (Å²) in [6.45, 7) is 7.10. The quantitative estimate of drug-likeness (QED) is 0.808. The molecule has 0 N–H and O–H groups in total. The molecule has 2 atom stereocenters. The summed E-state index contributed by atoms with van der Waals surface area (Å²) >= 11 is 3.55. The predicted molar refractivity (Wildman–Crippen MR) is 72.8 cm³/mol. The second-order valence-electron chi connectivity index (χ2n) is 4.79. The van der Waals surface area contributed by atoms with E-state index in [1.807, 2.05) is 0 Å². The minimum Gasteiger partial charge on any atom is -0.300 e. The highest BCUT2D eigenvalue weighted by Gasteiger charge is 2.26. The Kier molecular flexibility index (Phi) is 4.04. The van der Waals surface area contributed by atoms with Gasteiger partial charge in [0.1, 0.15) is 0 Å². The van der Waals surface area contributed by atoms with Gasteiger partial charge in [0.15, 0.2) is 0 Å². The number of hydrogen-bond donors (Lipinski definition) is 0. The van der Waals surface area contributed by atoms with E-state index < -0.39 is 0 Å². The van der Waals surface area contributed by atoms with Crippen molar-refractivity contribution in [1.29, 1.82) is 0 Å². The van der Waals surface area contributed by atoms with E-state index in [2.05, 4.69) is 58.9 Å². The fraction of sp³-hybridized carbons (Fsp3) is 0.571. The first kappa shape index (κ1) is 12.1. The van der Waals surface area contributed by atoms with Crippen LogP contribution in [0.5, 0.6) is 0 Å². The zero-order valence-corrected chi connectivity index (χ0v) is 11.7. The minimum atomic E-state index is 0.728. The van der Waals surface area contributed by atoms with Crippen molar-refractivity contribution in [2.24, 2.45) is 0 Å². The summed E-state index contributed by atoms with van der Waals surface area (Å²) in [6, 6.07) is 9.51. The highest BCUT2D eigenvalue weighted by Crippen LogP contribution is 2.30. The molecule has 2 unspecified atom stereocenters. The molecule has 1 nitrogen and oxygen atoms in total.